The first-order valence-corrected chi connectivity index (χ1v) is 8.16. The molecule has 1 aromatic heterocycles. The van der Waals surface area contributed by atoms with Gasteiger partial charge in [0, 0.05) is 27.2 Å². The maximum Gasteiger partial charge on any atom is 0.342 e. The second kappa shape index (κ2) is 7.49. The maximum absolute atomic E-state index is 13.1. The summed E-state index contributed by atoms with van der Waals surface area (Å²) in [6, 6.07) is 9.00. The number of carbonyl (C=O) groups excluding carboxylic acids is 1. The van der Waals surface area contributed by atoms with Crippen LogP contribution in [0.5, 0.6) is 0 Å². The highest BCUT2D eigenvalue weighted by Crippen LogP contribution is 2.37. The Morgan fingerprint density at radius 3 is 2.42 bits per heavy atom. The zero-order chi connectivity index (χ0) is 17.9. The standard InChI is InChI=1S/C16H11BrFNO3.C2H6/c1-21-16(20)14-10-6-11(17)12(19)7-13(10)22-15(14)8-2-4-9(18)5-3-8;1-2/h2-7H,19H2,1H3;1-2H3. The van der Waals surface area contributed by atoms with Crippen molar-refractivity contribution in [3.05, 3.63) is 52.3 Å². The van der Waals surface area contributed by atoms with Gasteiger partial charge in [-0.15, -0.1) is 0 Å². The number of furan rings is 1. The summed E-state index contributed by atoms with van der Waals surface area (Å²) in [5, 5.41) is 0.576. The van der Waals surface area contributed by atoms with Gasteiger partial charge in [-0.2, -0.15) is 0 Å². The number of nitrogen functional groups attached to an aromatic ring is 1. The Labute approximate surface area is 147 Å². The molecule has 0 radical (unpaired) electrons. The van der Waals surface area contributed by atoms with Crippen LogP contribution in [-0.2, 0) is 4.74 Å². The monoisotopic (exact) mass is 393 g/mol. The highest BCUT2D eigenvalue weighted by Gasteiger charge is 2.23. The molecule has 0 aliphatic heterocycles. The molecule has 126 valence electrons. The summed E-state index contributed by atoms with van der Waals surface area (Å²) < 4.78 is 24.3. The van der Waals surface area contributed by atoms with Gasteiger partial charge in [-0.05, 0) is 46.3 Å². The average Bonchev–Trinajstić information content (AvgIpc) is 2.95. The topological polar surface area (TPSA) is 65.5 Å². The van der Waals surface area contributed by atoms with Crippen molar-refractivity contribution < 1.29 is 18.3 Å². The van der Waals surface area contributed by atoms with E-state index in [9.17, 15) is 9.18 Å². The van der Waals surface area contributed by atoms with Gasteiger partial charge < -0.3 is 14.9 Å². The predicted octanol–water partition coefficient (Wildman–Crippen LogP) is 5.40. The van der Waals surface area contributed by atoms with Gasteiger partial charge in [-0.1, -0.05) is 13.8 Å². The summed E-state index contributed by atoms with van der Waals surface area (Å²) in [4.78, 5) is 12.1. The number of esters is 1. The van der Waals surface area contributed by atoms with Crippen molar-refractivity contribution >= 4 is 38.6 Å². The fourth-order valence-electron chi connectivity index (χ4n) is 2.24. The Morgan fingerprint density at radius 1 is 1.21 bits per heavy atom. The molecule has 0 aliphatic carbocycles. The lowest BCUT2D eigenvalue weighted by atomic mass is 10.1. The molecule has 2 aromatic carbocycles. The molecule has 24 heavy (non-hydrogen) atoms. The van der Waals surface area contributed by atoms with Gasteiger partial charge in [0.2, 0.25) is 0 Å². The van der Waals surface area contributed by atoms with Crippen LogP contribution in [0.1, 0.15) is 24.2 Å². The third kappa shape index (κ3) is 3.28. The summed E-state index contributed by atoms with van der Waals surface area (Å²) >= 11 is 3.33. The van der Waals surface area contributed by atoms with Gasteiger partial charge in [0.25, 0.3) is 0 Å². The summed E-state index contributed by atoms with van der Waals surface area (Å²) in [6.07, 6.45) is 0. The molecule has 2 N–H and O–H groups in total. The van der Waals surface area contributed by atoms with Crippen LogP contribution < -0.4 is 5.73 Å². The smallest absolute Gasteiger partial charge is 0.342 e. The molecule has 0 atom stereocenters. The molecule has 0 saturated carbocycles. The zero-order valence-electron chi connectivity index (χ0n) is 13.5. The number of methoxy groups -OCH3 is 1. The van der Waals surface area contributed by atoms with E-state index in [1.807, 2.05) is 13.8 Å². The molecule has 0 unspecified atom stereocenters. The van der Waals surface area contributed by atoms with Gasteiger partial charge in [0.05, 0.1) is 7.11 Å². The van der Waals surface area contributed by atoms with E-state index < -0.39 is 5.97 Å². The number of hydrogen-bond donors (Lipinski definition) is 1. The Morgan fingerprint density at radius 2 is 1.83 bits per heavy atom. The first-order valence-electron chi connectivity index (χ1n) is 7.37. The van der Waals surface area contributed by atoms with Crippen molar-refractivity contribution in [3.63, 3.8) is 0 Å². The van der Waals surface area contributed by atoms with Gasteiger partial charge in [0.15, 0.2) is 0 Å². The minimum absolute atomic E-state index is 0.282. The van der Waals surface area contributed by atoms with Crippen molar-refractivity contribution in [1.29, 1.82) is 0 Å². The van der Waals surface area contributed by atoms with E-state index >= 15 is 0 Å². The Kier molecular flexibility index (Phi) is 5.62. The highest BCUT2D eigenvalue weighted by atomic mass is 79.9. The maximum atomic E-state index is 13.1. The SMILES string of the molecule is CC.COC(=O)c1c(-c2ccc(F)cc2)oc2cc(N)c(Br)cc12. The fraction of sp³-hybridized carbons (Fsp3) is 0.167. The van der Waals surface area contributed by atoms with E-state index in [1.54, 1.807) is 12.1 Å². The number of anilines is 1. The molecule has 0 saturated heterocycles. The molecule has 0 spiro atoms. The molecule has 0 bridgehead atoms. The molecule has 3 rings (SSSR count). The summed E-state index contributed by atoms with van der Waals surface area (Å²) in [6.45, 7) is 4.00. The van der Waals surface area contributed by atoms with Gasteiger partial charge >= 0.3 is 5.97 Å². The van der Waals surface area contributed by atoms with E-state index in [-0.39, 0.29) is 11.4 Å². The first-order chi connectivity index (χ1) is 11.5. The van der Waals surface area contributed by atoms with E-state index in [4.69, 9.17) is 14.9 Å². The van der Waals surface area contributed by atoms with Crippen LogP contribution in [0.25, 0.3) is 22.3 Å². The molecular weight excluding hydrogens is 377 g/mol. The minimum atomic E-state index is -0.533. The summed E-state index contributed by atoms with van der Waals surface area (Å²) in [5.74, 6) is -0.583. The predicted molar refractivity (Wildman–Crippen MR) is 96.4 cm³/mol. The van der Waals surface area contributed by atoms with E-state index in [0.717, 1.165) is 0 Å². The van der Waals surface area contributed by atoms with Crippen molar-refractivity contribution in [1.82, 2.24) is 0 Å². The van der Waals surface area contributed by atoms with Crippen LogP contribution >= 0.6 is 15.9 Å². The number of benzene rings is 2. The number of rotatable bonds is 2. The second-order valence-corrected chi connectivity index (χ2v) is 5.53. The number of halogens is 2. The van der Waals surface area contributed by atoms with Gasteiger partial charge in [-0.25, -0.2) is 9.18 Å². The summed E-state index contributed by atoms with van der Waals surface area (Å²) in [5.41, 5.74) is 7.65. The van der Waals surface area contributed by atoms with Crippen LogP contribution in [0.15, 0.2) is 45.3 Å². The van der Waals surface area contributed by atoms with Crippen molar-refractivity contribution in [3.8, 4) is 11.3 Å². The van der Waals surface area contributed by atoms with Crippen molar-refractivity contribution in [2.75, 3.05) is 12.8 Å². The molecule has 1 heterocycles. The van der Waals surface area contributed by atoms with E-state index in [1.165, 1.54) is 31.4 Å². The lowest BCUT2D eigenvalue weighted by Gasteiger charge is -2.02. The van der Waals surface area contributed by atoms with Gasteiger partial charge in [0.1, 0.15) is 22.7 Å². The zero-order valence-corrected chi connectivity index (χ0v) is 15.1. The van der Waals surface area contributed by atoms with Crippen LogP contribution in [0, 0.1) is 5.82 Å². The van der Waals surface area contributed by atoms with Crippen LogP contribution in [0.4, 0.5) is 10.1 Å². The number of fused-ring (bicyclic) bond motifs is 1. The molecule has 0 fully saturated rings. The number of nitrogens with two attached hydrogens (primary N) is 1. The normalized spacial score (nSPS) is 10.2. The largest absolute Gasteiger partial charge is 0.465 e. The van der Waals surface area contributed by atoms with Crippen LogP contribution in [0.2, 0.25) is 0 Å². The number of hydrogen-bond acceptors (Lipinski definition) is 4. The molecule has 0 aliphatic rings. The Balaban J connectivity index is 0.00000100. The highest BCUT2D eigenvalue weighted by molar-refractivity contribution is 9.10. The van der Waals surface area contributed by atoms with Crippen molar-refractivity contribution in [2.45, 2.75) is 13.8 Å². The lowest BCUT2D eigenvalue weighted by Crippen LogP contribution is -2.02. The van der Waals surface area contributed by atoms with E-state index in [0.29, 0.717) is 32.5 Å². The molecule has 0 amide bonds. The molecule has 4 nitrogen and oxygen atoms in total. The minimum Gasteiger partial charge on any atom is -0.465 e. The van der Waals surface area contributed by atoms with Crippen LogP contribution in [0.3, 0.4) is 0 Å². The quantitative estimate of drug-likeness (QED) is 0.467. The van der Waals surface area contributed by atoms with E-state index in [2.05, 4.69) is 15.9 Å². The third-order valence-corrected chi connectivity index (χ3v) is 3.99. The third-order valence-electron chi connectivity index (χ3n) is 3.30. The summed E-state index contributed by atoms with van der Waals surface area (Å²) in [7, 11) is 1.29. The molecule has 6 heteroatoms. The molecular formula is C18H17BrFNO3. The lowest BCUT2D eigenvalue weighted by molar-refractivity contribution is 0.0603. The second-order valence-electron chi connectivity index (χ2n) is 4.67. The van der Waals surface area contributed by atoms with Gasteiger partial charge in [-0.3, -0.25) is 0 Å². The Bertz CT molecular complexity index is 872. The van der Waals surface area contributed by atoms with Crippen molar-refractivity contribution in [2.24, 2.45) is 0 Å². The first kappa shape index (κ1) is 18.0. The Hall–Kier alpha value is -2.34. The number of carbonyl (C=O) groups is 1. The number of ether oxygens (including phenoxy) is 1. The molecule has 3 aromatic rings. The fourth-order valence-corrected chi connectivity index (χ4v) is 2.58. The van der Waals surface area contributed by atoms with Crippen LogP contribution in [-0.4, -0.2) is 13.1 Å². The average molecular weight is 394 g/mol.